The van der Waals surface area contributed by atoms with E-state index in [1.807, 2.05) is 18.2 Å². The second-order valence-electron chi connectivity index (χ2n) is 3.11. The van der Waals surface area contributed by atoms with Crippen molar-refractivity contribution in [2.45, 2.75) is 18.9 Å². The van der Waals surface area contributed by atoms with E-state index >= 15 is 0 Å². The molecular formula is C11H10O. The molecule has 0 heterocycles. The number of hydrogen-bond acceptors (Lipinski definition) is 1. The Balaban J connectivity index is 2.52. The van der Waals surface area contributed by atoms with Gasteiger partial charge >= 0.3 is 0 Å². The topological polar surface area (TPSA) is 20.2 Å². The van der Waals surface area contributed by atoms with Gasteiger partial charge in [-0.3, -0.25) is 0 Å². The number of aryl methyl sites for hydroxylation is 1. The van der Waals surface area contributed by atoms with Crippen LogP contribution in [0.1, 0.15) is 29.2 Å². The minimum atomic E-state index is -0.298. The van der Waals surface area contributed by atoms with Gasteiger partial charge in [-0.15, -0.1) is 6.42 Å². The quantitative estimate of drug-likeness (QED) is 0.569. The zero-order chi connectivity index (χ0) is 8.55. The van der Waals surface area contributed by atoms with Crippen molar-refractivity contribution >= 4 is 0 Å². The Labute approximate surface area is 72.0 Å². The zero-order valence-electron chi connectivity index (χ0n) is 6.75. The summed E-state index contributed by atoms with van der Waals surface area (Å²) in [4.78, 5) is 0. The van der Waals surface area contributed by atoms with E-state index in [1.165, 1.54) is 5.56 Å². The molecule has 1 nitrogen and oxygen atoms in total. The molecule has 1 aliphatic carbocycles. The molecule has 1 unspecified atom stereocenters. The molecule has 1 atom stereocenters. The fourth-order valence-corrected chi connectivity index (χ4v) is 1.67. The van der Waals surface area contributed by atoms with Gasteiger partial charge in [-0.05, 0) is 36.1 Å². The molecule has 1 aliphatic rings. The zero-order valence-corrected chi connectivity index (χ0v) is 6.75. The van der Waals surface area contributed by atoms with Crippen LogP contribution in [-0.4, -0.2) is 5.11 Å². The molecule has 1 aromatic carbocycles. The maximum absolute atomic E-state index is 9.53. The molecule has 0 aromatic heterocycles. The molecule has 1 aromatic rings. The molecule has 0 radical (unpaired) electrons. The van der Waals surface area contributed by atoms with Crippen LogP contribution >= 0.6 is 0 Å². The second kappa shape index (κ2) is 2.66. The standard InChI is InChI=1S/C11H10O/c1-2-8-3-4-9-5-6-11(12)10(9)7-8/h1,3-4,7,11-12H,5-6H2. The van der Waals surface area contributed by atoms with Gasteiger partial charge < -0.3 is 5.11 Å². The number of benzene rings is 1. The maximum atomic E-state index is 9.53. The highest BCUT2D eigenvalue weighted by Gasteiger charge is 2.19. The van der Waals surface area contributed by atoms with E-state index < -0.39 is 0 Å². The van der Waals surface area contributed by atoms with Gasteiger partial charge in [0.1, 0.15) is 0 Å². The smallest absolute Gasteiger partial charge is 0.0796 e. The molecule has 0 amide bonds. The summed E-state index contributed by atoms with van der Waals surface area (Å²) >= 11 is 0. The molecule has 0 aliphatic heterocycles. The SMILES string of the molecule is C#Cc1ccc2c(c1)C(O)CC2. The first kappa shape index (κ1) is 7.39. The number of aliphatic hydroxyl groups is 1. The number of rotatable bonds is 0. The fraction of sp³-hybridized carbons (Fsp3) is 0.273. The Hall–Kier alpha value is -1.26. The molecule has 1 N–H and O–H groups in total. The van der Waals surface area contributed by atoms with Crippen molar-refractivity contribution in [2.24, 2.45) is 0 Å². The summed E-state index contributed by atoms with van der Waals surface area (Å²) in [5.41, 5.74) is 3.11. The van der Waals surface area contributed by atoms with Crippen LogP contribution in [0.3, 0.4) is 0 Å². The van der Waals surface area contributed by atoms with E-state index in [1.54, 1.807) is 0 Å². The van der Waals surface area contributed by atoms with Crippen LogP contribution in [-0.2, 0) is 6.42 Å². The average molecular weight is 158 g/mol. The summed E-state index contributed by atoms with van der Waals surface area (Å²) in [6.07, 6.45) is 6.77. The van der Waals surface area contributed by atoms with Crippen LogP contribution in [0.5, 0.6) is 0 Å². The Morgan fingerprint density at radius 1 is 1.50 bits per heavy atom. The highest BCUT2D eigenvalue weighted by atomic mass is 16.3. The third-order valence-electron chi connectivity index (χ3n) is 2.36. The minimum absolute atomic E-state index is 0.298. The third-order valence-corrected chi connectivity index (χ3v) is 2.36. The van der Waals surface area contributed by atoms with Gasteiger partial charge in [-0.25, -0.2) is 0 Å². The number of aliphatic hydroxyl groups excluding tert-OH is 1. The van der Waals surface area contributed by atoms with Crippen LogP contribution in [0.25, 0.3) is 0 Å². The van der Waals surface area contributed by atoms with E-state index in [2.05, 4.69) is 5.92 Å². The van der Waals surface area contributed by atoms with Gasteiger partial charge in [0.25, 0.3) is 0 Å². The first-order valence-electron chi connectivity index (χ1n) is 4.09. The lowest BCUT2D eigenvalue weighted by Crippen LogP contribution is -1.90. The number of hydrogen-bond donors (Lipinski definition) is 1. The molecule has 0 spiro atoms. The summed E-state index contributed by atoms with van der Waals surface area (Å²) in [5, 5.41) is 9.53. The van der Waals surface area contributed by atoms with Crippen molar-refractivity contribution in [3.8, 4) is 12.3 Å². The van der Waals surface area contributed by atoms with Crippen LogP contribution in [0.2, 0.25) is 0 Å². The molecular weight excluding hydrogens is 148 g/mol. The summed E-state index contributed by atoms with van der Waals surface area (Å²) in [5.74, 6) is 2.57. The van der Waals surface area contributed by atoms with Crippen LogP contribution in [0.4, 0.5) is 0 Å². The molecule has 60 valence electrons. The summed E-state index contributed by atoms with van der Waals surface area (Å²) in [6.45, 7) is 0. The average Bonchev–Trinajstić information content (AvgIpc) is 2.47. The van der Waals surface area contributed by atoms with E-state index in [0.29, 0.717) is 0 Å². The normalized spacial score (nSPS) is 20.2. The van der Waals surface area contributed by atoms with Crippen LogP contribution in [0, 0.1) is 12.3 Å². The van der Waals surface area contributed by atoms with Gasteiger partial charge in [0.15, 0.2) is 0 Å². The van der Waals surface area contributed by atoms with Crippen molar-refractivity contribution < 1.29 is 5.11 Å². The Bertz CT molecular complexity index is 347. The molecule has 0 bridgehead atoms. The highest BCUT2D eigenvalue weighted by molar-refractivity contribution is 5.42. The molecule has 0 saturated carbocycles. The van der Waals surface area contributed by atoms with Crippen LogP contribution in [0.15, 0.2) is 18.2 Å². The van der Waals surface area contributed by atoms with E-state index in [-0.39, 0.29) is 6.10 Å². The molecule has 1 heteroatoms. The van der Waals surface area contributed by atoms with E-state index in [4.69, 9.17) is 6.42 Å². The highest BCUT2D eigenvalue weighted by Crippen LogP contribution is 2.31. The summed E-state index contributed by atoms with van der Waals surface area (Å²) in [7, 11) is 0. The van der Waals surface area contributed by atoms with Gasteiger partial charge in [-0.1, -0.05) is 12.0 Å². The number of fused-ring (bicyclic) bond motifs is 1. The number of terminal acetylenes is 1. The Kier molecular flexibility index (Phi) is 1.64. The fourth-order valence-electron chi connectivity index (χ4n) is 1.67. The minimum Gasteiger partial charge on any atom is -0.388 e. The van der Waals surface area contributed by atoms with Crippen LogP contribution < -0.4 is 0 Å². The van der Waals surface area contributed by atoms with Gasteiger partial charge in [0.05, 0.1) is 6.10 Å². The predicted molar refractivity (Wildman–Crippen MR) is 47.7 cm³/mol. The largest absolute Gasteiger partial charge is 0.388 e. The van der Waals surface area contributed by atoms with Crippen molar-refractivity contribution in [1.82, 2.24) is 0 Å². The molecule has 0 saturated heterocycles. The van der Waals surface area contributed by atoms with Gasteiger partial charge in [0.2, 0.25) is 0 Å². The van der Waals surface area contributed by atoms with Gasteiger partial charge in [0, 0.05) is 5.56 Å². The van der Waals surface area contributed by atoms with Crippen molar-refractivity contribution in [3.05, 3.63) is 34.9 Å². The second-order valence-corrected chi connectivity index (χ2v) is 3.11. The first-order chi connectivity index (χ1) is 5.81. The Morgan fingerprint density at radius 3 is 3.08 bits per heavy atom. The molecule has 0 fully saturated rings. The van der Waals surface area contributed by atoms with E-state index in [9.17, 15) is 5.11 Å². The lowest BCUT2D eigenvalue weighted by molar-refractivity contribution is 0.180. The first-order valence-corrected chi connectivity index (χ1v) is 4.09. The lowest BCUT2D eigenvalue weighted by atomic mass is 10.1. The third kappa shape index (κ3) is 1.01. The summed E-state index contributed by atoms with van der Waals surface area (Å²) < 4.78 is 0. The maximum Gasteiger partial charge on any atom is 0.0796 e. The molecule has 2 rings (SSSR count). The van der Waals surface area contributed by atoms with Gasteiger partial charge in [-0.2, -0.15) is 0 Å². The monoisotopic (exact) mass is 158 g/mol. The Morgan fingerprint density at radius 2 is 2.33 bits per heavy atom. The predicted octanol–water partition coefficient (Wildman–Crippen LogP) is 1.65. The lowest BCUT2D eigenvalue weighted by Gasteiger charge is -2.03. The molecule has 12 heavy (non-hydrogen) atoms. The van der Waals surface area contributed by atoms with Crippen molar-refractivity contribution in [3.63, 3.8) is 0 Å². The van der Waals surface area contributed by atoms with E-state index in [0.717, 1.165) is 24.0 Å². The summed E-state index contributed by atoms with van der Waals surface area (Å²) in [6, 6.07) is 5.85. The van der Waals surface area contributed by atoms with Crippen molar-refractivity contribution in [1.29, 1.82) is 0 Å². The van der Waals surface area contributed by atoms with Crippen molar-refractivity contribution in [2.75, 3.05) is 0 Å².